The number of carbonyl (C=O) groups excluding carboxylic acids is 1. The Morgan fingerprint density at radius 3 is 2.68 bits per heavy atom. The van der Waals surface area contributed by atoms with Crippen LogP contribution in [0.15, 0.2) is 5.38 Å². The number of esters is 1. The Morgan fingerprint density at radius 1 is 1.37 bits per heavy atom. The molecule has 0 aliphatic rings. The van der Waals surface area contributed by atoms with E-state index in [1.165, 1.54) is 7.11 Å². The van der Waals surface area contributed by atoms with Gasteiger partial charge in [0, 0.05) is 25.0 Å². The average molecular weight is 285 g/mol. The first-order chi connectivity index (χ1) is 9.06. The first kappa shape index (κ1) is 15.9. The van der Waals surface area contributed by atoms with Crippen LogP contribution in [0.3, 0.4) is 0 Å². The van der Waals surface area contributed by atoms with E-state index in [4.69, 9.17) is 0 Å². The van der Waals surface area contributed by atoms with Crippen LogP contribution >= 0.6 is 11.3 Å². The number of nitrogens with zero attached hydrogens (tertiary/aromatic N) is 3. The van der Waals surface area contributed by atoms with Crippen LogP contribution in [0.2, 0.25) is 0 Å². The fraction of sp³-hybridized carbons (Fsp3) is 0.692. The van der Waals surface area contributed by atoms with Crippen molar-refractivity contribution in [2.45, 2.75) is 19.8 Å². The van der Waals surface area contributed by atoms with Crippen molar-refractivity contribution in [3.05, 3.63) is 11.1 Å². The highest BCUT2D eigenvalue weighted by atomic mass is 32.1. The minimum absolute atomic E-state index is 0.243. The quantitative estimate of drug-likeness (QED) is 0.679. The Morgan fingerprint density at radius 2 is 2.11 bits per heavy atom. The second kappa shape index (κ2) is 8.12. The summed E-state index contributed by atoms with van der Waals surface area (Å²) in [5.74, 6) is -0.243. The van der Waals surface area contributed by atoms with E-state index in [9.17, 15) is 4.79 Å². The van der Waals surface area contributed by atoms with E-state index in [0.717, 1.165) is 36.9 Å². The van der Waals surface area contributed by atoms with Crippen molar-refractivity contribution < 1.29 is 9.53 Å². The van der Waals surface area contributed by atoms with Gasteiger partial charge in [0.25, 0.3) is 0 Å². The lowest BCUT2D eigenvalue weighted by atomic mass is 10.3. The molecule has 0 atom stereocenters. The van der Waals surface area contributed by atoms with Crippen LogP contribution in [0.4, 0.5) is 5.13 Å². The summed E-state index contributed by atoms with van der Waals surface area (Å²) in [6, 6.07) is 0. The standard InChI is InChI=1S/C13H23N3O2S/c1-5-6-16(8-7-15(2)3)13-14-11(10-19-13)9-12(17)18-4/h10H,5-9H2,1-4H3. The highest BCUT2D eigenvalue weighted by molar-refractivity contribution is 7.13. The van der Waals surface area contributed by atoms with E-state index in [0.29, 0.717) is 0 Å². The molecule has 0 spiro atoms. The molecule has 0 aliphatic heterocycles. The average Bonchev–Trinajstić information content (AvgIpc) is 2.82. The molecule has 1 heterocycles. The zero-order chi connectivity index (χ0) is 14.3. The Balaban J connectivity index is 2.65. The number of anilines is 1. The van der Waals surface area contributed by atoms with Crippen molar-refractivity contribution in [1.82, 2.24) is 9.88 Å². The molecule has 1 rings (SSSR count). The number of hydrogen-bond acceptors (Lipinski definition) is 6. The maximum absolute atomic E-state index is 11.2. The van der Waals surface area contributed by atoms with Gasteiger partial charge in [-0.05, 0) is 20.5 Å². The van der Waals surface area contributed by atoms with Crippen LogP contribution in [0.25, 0.3) is 0 Å². The van der Waals surface area contributed by atoms with E-state index in [2.05, 4.69) is 40.5 Å². The molecule has 0 saturated carbocycles. The summed E-state index contributed by atoms with van der Waals surface area (Å²) in [5.41, 5.74) is 0.790. The van der Waals surface area contributed by atoms with Gasteiger partial charge < -0.3 is 14.5 Å². The topological polar surface area (TPSA) is 45.7 Å². The van der Waals surface area contributed by atoms with Gasteiger partial charge in [0.15, 0.2) is 5.13 Å². The molecule has 6 heteroatoms. The van der Waals surface area contributed by atoms with E-state index in [-0.39, 0.29) is 12.4 Å². The number of rotatable bonds is 8. The fourth-order valence-corrected chi connectivity index (χ4v) is 2.52. The molecule has 0 amide bonds. The summed E-state index contributed by atoms with van der Waals surface area (Å²) in [5, 5.41) is 2.92. The number of ether oxygens (including phenoxy) is 1. The molecule has 108 valence electrons. The van der Waals surface area contributed by atoms with E-state index in [1.807, 2.05) is 5.38 Å². The van der Waals surface area contributed by atoms with Crippen LogP contribution in [0.5, 0.6) is 0 Å². The van der Waals surface area contributed by atoms with Crippen molar-refractivity contribution in [3.8, 4) is 0 Å². The van der Waals surface area contributed by atoms with Gasteiger partial charge in [0.2, 0.25) is 0 Å². The molecule has 0 radical (unpaired) electrons. The second-order valence-electron chi connectivity index (χ2n) is 4.66. The van der Waals surface area contributed by atoms with Crippen LogP contribution in [-0.4, -0.2) is 56.7 Å². The SMILES string of the molecule is CCCN(CCN(C)C)c1nc(CC(=O)OC)cs1. The van der Waals surface area contributed by atoms with Gasteiger partial charge in [-0.25, -0.2) is 4.98 Å². The van der Waals surface area contributed by atoms with Crippen LogP contribution in [0, 0.1) is 0 Å². The zero-order valence-corrected chi connectivity index (χ0v) is 13.0. The van der Waals surface area contributed by atoms with Crippen LogP contribution < -0.4 is 4.90 Å². The Labute approximate surface area is 119 Å². The van der Waals surface area contributed by atoms with Gasteiger partial charge in [-0.3, -0.25) is 4.79 Å². The summed E-state index contributed by atoms with van der Waals surface area (Å²) in [6.07, 6.45) is 1.33. The lowest BCUT2D eigenvalue weighted by Gasteiger charge is -2.23. The maximum atomic E-state index is 11.2. The van der Waals surface area contributed by atoms with Crippen molar-refractivity contribution in [1.29, 1.82) is 0 Å². The van der Waals surface area contributed by atoms with Gasteiger partial charge in [-0.15, -0.1) is 11.3 Å². The summed E-state index contributed by atoms with van der Waals surface area (Å²) in [6.45, 7) is 5.09. The molecule has 0 unspecified atom stereocenters. The Hall–Kier alpha value is -1.14. The summed E-state index contributed by atoms with van der Waals surface area (Å²) < 4.78 is 4.66. The van der Waals surface area contributed by atoms with E-state index < -0.39 is 0 Å². The second-order valence-corrected chi connectivity index (χ2v) is 5.50. The van der Waals surface area contributed by atoms with E-state index in [1.54, 1.807) is 11.3 Å². The monoisotopic (exact) mass is 285 g/mol. The lowest BCUT2D eigenvalue weighted by Crippen LogP contribution is -2.32. The van der Waals surface area contributed by atoms with Crippen molar-refractivity contribution >= 4 is 22.4 Å². The first-order valence-corrected chi connectivity index (χ1v) is 7.35. The lowest BCUT2D eigenvalue weighted by molar-refractivity contribution is -0.139. The van der Waals surface area contributed by atoms with Gasteiger partial charge in [-0.2, -0.15) is 0 Å². The molecule has 0 bridgehead atoms. The number of carbonyl (C=O) groups is 1. The predicted molar refractivity (Wildman–Crippen MR) is 78.9 cm³/mol. The van der Waals surface area contributed by atoms with E-state index >= 15 is 0 Å². The predicted octanol–water partition coefficient (Wildman–Crippen LogP) is 1.64. The summed E-state index contributed by atoms with van der Waals surface area (Å²) in [4.78, 5) is 20.2. The number of aromatic nitrogens is 1. The third-order valence-electron chi connectivity index (χ3n) is 2.67. The van der Waals surface area contributed by atoms with Gasteiger partial charge in [-0.1, -0.05) is 6.92 Å². The minimum Gasteiger partial charge on any atom is -0.469 e. The molecule has 19 heavy (non-hydrogen) atoms. The Kier molecular flexibility index (Phi) is 6.80. The fourth-order valence-electron chi connectivity index (χ4n) is 1.64. The minimum atomic E-state index is -0.243. The maximum Gasteiger partial charge on any atom is 0.311 e. The molecular formula is C13H23N3O2S. The van der Waals surface area contributed by atoms with Crippen molar-refractivity contribution in [2.75, 3.05) is 45.7 Å². The molecular weight excluding hydrogens is 262 g/mol. The summed E-state index contributed by atoms with van der Waals surface area (Å²) in [7, 11) is 5.53. The number of likely N-dealkylation sites (N-methyl/N-ethyl adjacent to an activating group) is 1. The third kappa shape index (κ3) is 5.57. The summed E-state index contributed by atoms with van der Waals surface area (Å²) >= 11 is 1.59. The smallest absolute Gasteiger partial charge is 0.311 e. The third-order valence-corrected chi connectivity index (χ3v) is 3.62. The first-order valence-electron chi connectivity index (χ1n) is 6.47. The number of hydrogen-bond donors (Lipinski definition) is 0. The van der Waals surface area contributed by atoms with Gasteiger partial charge in [0.05, 0.1) is 19.2 Å². The molecule has 0 aromatic carbocycles. The highest BCUT2D eigenvalue weighted by Gasteiger charge is 2.12. The normalized spacial score (nSPS) is 10.8. The number of thiazole rings is 1. The molecule has 5 nitrogen and oxygen atoms in total. The zero-order valence-electron chi connectivity index (χ0n) is 12.2. The molecule has 0 N–H and O–H groups in total. The Bertz CT molecular complexity index is 393. The van der Waals surface area contributed by atoms with Gasteiger partial charge >= 0.3 is 5.97 Å². The molecule has 0 saturated heterocycles. The van der Waals surface area contributed by atoms with Crippen molar-refractivity contribution in [3.63, 3.8) is 0 Å². The molecule has 1 aromatic rings. The number of methoxy groups -OCH3 is 1. The highest BCUT2D eigenvalue weighted by Crippen LogP contribution is 2.21. The van der Waals surface area contributed by atoms with Crippen LogP contribution in [-0.2, 0) is 16.0 Å². The molecule has 0 aliphatic carbocycles. The molecule has 1 aromatic heterocycles. The van der Waals surface area contributed by atoms with Gasteiger partial charge in [0.1, 0.15) is 0 Å². The molecule has 0 fully saturated rings. The van der Waals surface area contributed by atoms with Crippen LogP contribution in [0.1, 0.15) is 19.0 Å². The largest absolute Gasteiger partial charge is 0.469 e. The van der Waals surface area contributed by atoms with Crippen molar-refractivity contribution in [2.24, 2.45) is 0 Å².